The van der Waals surface area contributed by atoms with E-state index >= 15 is 0 Å². The first-order chi connectivity index (χ1) is 10.1. The van der Waals surface area contributed by atoms with E-state index in [1.54, 1.807) is 12.3 Å². The van der Waals surface area contributed by atoms with Crippen LogP contribution >= 0.6 is 11.6 Å². The van der Waals surface area contributed by atoms with Crippen LogP contribution in [0.5, 0.6) is 0 Å². The van der Waals surface area contributed by atoms with Crippen molar-refractivity contribution < 1.29 is 4.79 Å². The second-order valence-corrected chi connectivity index (χ2v) is 5.50. The van der Waals surface area contributed by atoms with Gasteiger partial charge in [0.2, 0.25) is 0 Å². The Labute approximate surface area is 127 Å². The summed E-state index contributed by atoms with van der Waals surface area (Å²) >= 11 is 5.94. The maximum atomic E-state index is 12.3. The summed E-state index contributed by atoms with van der Waals surface area (Å²) in [7, 11) is 0. The molecule has 0 saturated carbocycles. The average Bonchev–Trinajstić information content (AvgIpc) is 2.89. The van der Waals surface area contributed by atoms with Gasteiger partial charge in [0.25, 0.3) is 5.91 Å². The van der Waals surface area contributed by atoms with E-state index in [1.165, 1.54) is 5.56 Å². The van der Waals surface area contributed by atoms with E-state index in [0.29, 0.717) is 17.1 Å². The molecule has 4 heteroatoms. The molecule has 2 N–H and O–H groups in total. The lowest BCUT2D eigenvalue weighted by Crippen LogP contribution is -2.22. The first-order valence-corrected chi connectivity index (χ1v) is 7.11. The summed E-state index contributed by atoms with van der Waals surface area (Å²) in [6.45, 7) is 2.55. The van der Waals surface area contributed by atoms with Crippen molar-refractivity contribution in [1.29, 1.82) is 0 Å². The first kappa shape index (κ1) is 13.7. The highest BCUT2D eigenvalue weighted by atomic mass is 35.5. The number of fused-ring (bicyclic) bond motifs is 1. The molecule has 3 nitrogen and oxygen atoms in total. The Hall–Kier alpha value is -2.26. The SMILES string of the molecule is Cc1ccc(CNC(=O)c2c[nH]c3cc(Cl)ccc23)cc1. The normalized spacial score (nSPS) is 10.8. The second kappa shape index (κ2) is 5.62. The topological polar surface area (TPSA) is 44.9 Å². The van der Waals surface area contributed by atoms with Gasteiger partial charge in [-0.1, -0.05) is 47.5 Å². The summed E-state index contributed by atoms with van der Waals surface area (Å²) in [4.78, 5) is 15.4. The Kier molecular flexibility index (Phi) is 3.67. The molecule has 21 heavy (non-hydrogen) atoms. The predicted octanol–water partition coefficient (Wildman–Crippen LogP) is 4.06. The van der Waals surface area contributed by atoms with Crippen molar-refractivity contribution in [1.82, 2.24) is 10.3 Å². The number of aryl methyl sites for hydroxylation is 1. The summed E-state index contributed by atoms with van der Waals surface area (Å²) in [5.74, 6) is -0.0934. The van der Waals surface area contributed by atoms with E-state index in [-0.39, 0.29) is 5.91 Å². The minimum Gasteiger partial charge on any atom is -0.360 e. The predicted molar refractivity (Wildman–Crippen MR) is 85.7 cm³/mol. The molecule has 0 bridgehead atoms. The van der Waals surface area contributed by atoms with Crippen LogP contribution in [-0.2, 0) is 6.54 Å². The third kappa shape index (κ3) is 2.93. The van der Waals surface area contributed by atoms with Crippen molar-refractivity contribution in [2.75, 3.05) is 0 Å². The monoisotopic (exact) mass is 298 g/mol. The zero-order valence-electron chi connectivity index (χ0n) is 11.6. The summed E-state index contributed by atoms with van der Waals surface area (Å²) in [5.41, 5.74) is 3.78. The number of hydrogen-bond acceptors (Lipinski definition) is 1. The van der Waals surface area contributed by atoms with Crippen molar-refractivity contribution in [2.24, 2.45) is 0 Å². The Balaban J connectivity index is 1.76. The van der Waals surface area contributed by atoms with Crippen molar-refractivity contribution in [2.45, 2.75) is 13.5 Å². The van der Waals surface area contributed by atoms with Gasteiger partial charge >= 0.3 is 0 Å². The zero-order valence-corrected chi connectivity index (χ0v) is 12.4. The molecule has 0 fully saturated rings. The van der Waals surface area contributed by atoms with Crippen LogP contribution in [0.1, 0.15) is 21.5 Å². The highest BCUT2D eigenvalue weighted by Gasteiger charge is 2.11. The smallest absolute Gasteiger partial charge is 0.253 e. The van der Waals surface area contributed by atoms with Gasteiger partial charge in [0.1, 0.15) is 0 Å². The van der Waals surface area contributed by atoms with Crippen LogP contribution < -0.4 is 5.32 Å². The fraction of sp³-hybridized carbons (Fsp3) is 0.118. The lowest BCUT2D eigenvalue weighted by molar-refractivity contribution is 0.0952. The Morgan fingerprint density at radius 1 is 1.19 bits per heavy atom. The molecule has 0 aliphatic heterocycles. The third-order valence-electron chi connectivity index (χ3n) is 3.46. The van der Waals surface area contributed by atoms with E-state index in [9.17, 15) is 4.79 Å². The second-order valence-electron chi connectivity index (χ2n) is 5.06. The highest BCUT2D eigenvalue weighted by molar-refractivity contribution is 6.31. The molecule has 1 heterocycles. The standard InChI is InChI=1S/C17H15ClN2O/c1-11-2-4-12(5-3-11)9-20-17(21)15-10-19-16-8-13(18)6-7-14(15)16/h2-8,10,19H,9H2,1H3,(H,20,21). The number of amides is 1. The van der Waals surface area contributed by atoms with Crippen LogP contribution in [0.2, 0.25) is 5.02 Å². The van der Waals surface area contributed by atoms with Crippen LogP contribution in [0.4, 0.5) is 0 Å². The quantitative estimate of drug-likeness (QED) is 0.752. The van der Waals surface area contributed by atoms with Crippen molar-refractivity contribution in [3.05, 3.63) is 70.4 Å². The van der Waals surface area contributed by atoms with Gasteiger partial charge in [-0.3, -0.25) is 4.79 Å². The molecule has 0 aliphatic rings. The molecule has 2 aromatic carbocycles. The fourth-order valence-electron chi connectivity index (χ4n) is 2.27. The van der Waals surface area contributed by atoms with Gasteiger partial charge in [-0.05, 0) is 24.6 Å². The molecule has 3 aromatic rings. The largest absolute Gasteiger partial charge is 0.360 e. The number of hydrogen-bond donors (Lipinski definition) is 2. The van der Waals surface area contributed by atoms with E-state index in [0.717, 1.165) is 16.5 Å². The molecule has 0 atom stereocenters. The van der Waals surface area contributed by atoms with Crippen LogP contribution in [0, 0.1) is 6.92 Å². The van der Waals surface area contributed by atoms with E-state index < -0.39 is 0 Å². The maximum Gasteiger partial charge on any atom is 0.253 e. The number of H-pyrrole nitrogens is 1. The van der Waals surface area contributed by atoms with Gasteiger partial charge < -0.3 is 10.3 Å². The molecule has 0 aliphatic carbocycles. The number of nitrogens with one attached hydrogen (secondary N) is 2. The van der Waals surface area contributed by atoms with Gasteiger partial charge in [-0.25, -0.2) is 0 Å². The molecule has 3 rings (SSSR count). The minimum absolute atomic E-state index is 0.0934. The van der Waals surface area contributed by atoms with Crippen LogP contribution in [0.3, 0.4) is 0 Å². The molecule has 1 aromatic heterocycles. The van der Waals surface area contributed by atoms with Gasteiger partial charge in [-0.15, -0.1) is 0 Å². The molecule has 0 spiro atoms. The molecule has 0 unspecified atom stereocenters. The number of rotatable bonds is 3. The summed E-state index contributed by atoms with van der Waals surface area (Å²) < 4.78 is 0. The number of aromatic nitrogens is 1. The average molecular weight is 299 g/mol. The Morgan fingerprint density at radius 3 is 2.71 bits per heavy atom. The fourth-order valence-corrected chi connectivity index (χ4v) is 2.44. The van der Waals surface area contributed by atoms with Crippen molar-refractivity contribution in [3.8, 4) is 0 Å². The number of aromatic amines is 1. The van der Waals surface area contributed by atoms with E-state index in [4.69, 9.17) is 11.6 Å². The van der Waals surface area contributed by atoms with Crippen molar-refractivity contribution in [3.63, 3.8) is 0 Å². The third-order valence-corrected chi connectivity index (χ3v) is 3.70. The van der Waals surface area contributed by atoms with Crippen LogP contribution in [0.25, 0.3) is 10.9 Å². The zero-order chi connectivity index (χ0) is 14.8. The minimum atomic E-state index is -0.0934. The molecule has 0 saturated heterocycles. The summed E-state index contributed by atoms with van der Waals surface area (Å²) in [6.07, 6.45) is 1.71. The number of carbonyl (C=O) groups excluding carboxylic acids is 1. The van der Waals surface area contributed by atoms with Gasteiger partial charge in [-0.2, -0.15) is 0 Å². The van der Waals surface area contributed by atoms with Gasteiger partial charge in [0, 0.05) is 28.7 Å². The van der Waals surface area contributed by atoms with E-state index in [1.807, 2.05) is 43.3 Å². The summed E-state index contributed by atoms with van der Waals surface area (Å²) in [5, 5.41) is 4.46. The number of benzene rings is 2. The van der Waals surface area contributed by atoms with Crippen LogP contribution in [-0.4, -0.2) is 10.9 Å². The number of halogens is 1. The molecule has 1 amide bonds. The Bertz CT molecular complexity index is 790. The molecular weight excluding hydrogens is 284 g/mol. The van der Waals surface area contributed by atoms with Crippen LogP contribution in [0.15, 0.2) is 48.7 Å². The lowest BCUT2D eigenvalue weighted by Gasteiger charge is -2.05. The lowest BCUT2D eigenvalue weighted by atomic mass is 10.1. The molecule has 106 valence electrons. The first-order valence-electron chi connectivity index (χ1n) is 6.74. The molecular formula is C17H15ClN2O. The number of carbonyl (C=O) groups is 1. The van der Waals surface area contributed by atoms with Gasteiger partial charge in [0.15, 0.2) is 0 Å². The highest BCUT2D eigenvalue weighted by Crippen LogP contribution is 2.22. The van der Waals surface area contributed by atoms with Gasteiger partial charge in [0.05, 0.1) is 5.56 Å². The van der Waals surface area contributed by atoms with E-state index in [2.05, 4.69) is 10.3 Å². The summed E-state index contributed by atoms with van der Waals surface area (Å²) in [6, 6.07) is 13.6. The maximum absolute atomic E-state index is 12.3. The Morgan fingerprint density at radius 2 is 1.95 bits per heavy atom. The molecule has 0 radical (unpaired) electrons. The van der Waals surface area contributed by atoms with Crippen molar-refractivity contribution >= 4 is 28.4 Å².